The van der Waals surface area contributed by atoms with Crippen LogP contribution in [-0.2, 0) is 7.05 Å². The first kappa shape index (κ1) is 18.0. The minimum absolute atomic E-state index is 0.693. The van der Waals surface area contributed by atoms with Gasteiger partial charge in [-0.3, -0.25) is 14.8 Å². The summed E-state index contributed by atoms with van der Waals surface area (Å²) in [4.78, 5) is 22.1. The van der Waals surface area contributed by atoms with E-state index in [-0.39, 0.29) is 0 Å². The van der Waals surface area contributed by atoms with Crippen LogP contribution in [0.15, 0.2) is 36.9 Å². The molecule has 0 amide bonds. The fourth-order valence-corrected chi connectivity index (χ4v) is 4.12. The van der Waals surface area contributed by atoms with Crippen LogP contribution in [0.25, 0.3) is 44.8 Å². The molecule has 0 bridgehead atoms. The average Bonchev–Trinajstić information content (AvgIpc) is 3.51. The molecule has 0 spiro atoms. The normalized spacial score (nSPS) is 15.4. The van der Waals surface area contributed by atoms with Crippen LogP contribution in [0.5, 0.6) is 0 Å². The third kappa shape index (κ3) is 3.03. The summed E-state index contributed by atoms with van der Waals surface area (Å²) in [5, 5.41) is 12.8. The largest absolute Gasteiger partial charge is 0.367 e. The van der Waals surface area contributed by atoms with E-state index in [9.17, 15) is 0 Å². The molecule has 0 saturated carbocycles. The maximum atomic E-state index is 4.91. The van der Waals surface area contributed by atoms with Crippen molar-refractivity contribution in [2.24, 2.45) is 7.05 Å². The Bertz CT molecular complexity index is 1390. The van der Waals surface area contributed by atoms with Gasteiger partial charge in [0, 0.05) is 56.6 Å². The molecule has 5 aromatic rings. The fourth-order valence-electron chi connectivity index (χ4n) is 4.12. The Morgan fingerprint density at radius 3 is 2.71 bits per heavy atom. The standard InChI is InChI=1S/C21H22N10/c1-29-5-7-31(8-6-29)17-3-4-22-20-19(17)25-21(26-20)18-14-9-15(13-10-24-30(2)12-13)23-11-16(14)27-28-18/h3-4,9-12H,5-8H2,1-2H3,(H,27,28)(H,22,25,26). The quantitative estimate of drug-likeness (QED) is 0.465. The average molecular weight is 414 g/mol. The molecule has 6 rings (SSSR count). The highest BCUT2D eigenvalue weighted by atomic mass is 15.3. The zero-order chi connectivity index (χ0) is 20.9. The number of hydrogen-bond donors (Lipinski definition) is 2. The van der Waals surface area contributed by atoms with Gasteiger partial charge in [-0.2, -0.15) is 10.2 Å². The number of pyridine rings is 2. The maximum absolute atomic E-state index is 4.91. The Balaban J connectivity index is 1.44. The second kappa shape index (κ2) is 6.88. The van der Waals surface area contributed by atoms with Crippen molar-refractivity contribution in [3.63, 3.8) is 0 Å². The van der Waals surface area contributed by atoms with Crippen molar-refractivity contribution in [1.29, 1.82) is 0 Å². The second-order valence-electron chi connectivity index (χ2n) is 7.99. The summed E-state index contributed by atoms with van der Waals surface area (Å²) < 4.78 is 1.77. The van der Waals surface area contributed by atoms with Crippen molar-refractivity contribution in [1.82, 2.24) is 44.8 Å². The summed E-state index contributed by atoms with van der Waals surface area (Å²) in [5.74, 6) is 0.693. The minimum atomic E-state index is 0.693. The number of aromatic amines is 2. The Hall–Kier alpha value is -3.79. The van der Waals surface area contributed by atoms with Gasteiger partial charge < -0.3 is 14.8 Å². The summed E-state index contributed by atoms with van der Waals surface area (Å²) in [7, 11) is 4.05. The molecule has 10 nitrogen and oxygen atoms in total. The molecule has 0 aliphatic carbocycles. The molecule has 5 aromatic heterocycles. The van der Waals surface area contributed by atoms with Crippen molar-refractivity contribution in [2.45, 2.75) is 0 Å². The molecule has 1 aliphatic heterocycles. The van der Waals surface area contributed by atoms with Crippen LogP contribution in [-0.4, -0.2) is 78.0 Å². The van der Waals surface area contributed by atoms with Gasteiger partial charge in [-0.1, -0.05) is 0 Å². The third-order valence-electron chi connectivity index (χ3n) is 5.88. The van der Waals surface area contributed by atoms with Crippen molar-refractivity contribution in [3.05, 3.63) is 36.9 Å². The summed E-state index contributed by atoms with van der Waals surface area (Å²) in [6.07, 6.45) is 7.39. The van der Waals surface area contributed by atoms with Crippen molar-refractivity contribution < 1.29 is 0 Å². The van der Waals surface area contributed by atoms with E-state index in [1.54, 1.807) is 17.1 Å². The van der Waals surface area contributed by atoms with E-state index in [4.69, 9.17) is 4.98 Å². The summed E-state index contributed by atoms with van der Waals surface area (Å²) in [6.45, 7) is 4.02. The first-order valence-electron chi connectivity index (χ1n) is 10.3. The van der Waals surface area contributed by atoms with Crippen molar-refractivity contribution >= 4 is 27.8 Å². The highest BCUT2D eigenvalue weighted by Crippen LogP contribution is 2.31. The lowest BCUT2D eigenvalue weighted by atomic mass is 10.1. The van der Waals surface area contributed by atoms with Crippen LogP contribution in [0.3, 0.4) is 0 Å². The fraction of sp³-hybridized carbons (Fsp3) is 0.286. The van der Waals surface area contributed by atoms with Crippen LogP contribution in [0, 0.1) is 0 Å². The number of likely N-dealkylation sites (N-methyl/N-ethyl adjacent to an activating group) is 1. The number of nitrogens with one attached hydrogen (secondary N) is 2. The van der Waals surface area contributed by atoms with E-state index < -0.39 is 0 Å². The van der Waals surface area contributed by atoms with Gasteiger partial charge >= 0.3 is 0 Å². The number of fused-ring (bicyclic) bond motifs is 2. The molecular formula is C21H22N10. The number of nitrogens with zero attached hydrogens (tertiary/aromatic N) is 8. The number of aryl methyl sites for hydroxylation is 1. The number of rotatable bonds is 3. The molecule has 10 heteroatoms. The predicted octanol–water partition coefficient (Wildman–Crippen LogP) is 2.05. The molecule has 0 unspecified atom stereocenters. The van der Waals surface area contributed by atoms with Crippen molar-refractivity contribution in [2.75, 3.05) is 38.1 Å². The van der Waals surface area contributed by atoms with E-state index in [1.807, 2.05) is 31.6 Å². The molecule has 1 saturated heterocycles. The van der Waals surface area contributed by atoms with E-state index in [0.717, 1.165) is 70.9 Å². The molecule has 2 N–H and O–H groups in total. The molecule has 1 aliphatic rings. The lowest BCUT2D eigenvalue weighted by molar-refractivity contribution is 0.313. The molecular weight excluding hydrogens is 392 g/mol. The Morgan fingerprint density at radius 2 is 1.90 bits per heavy atom. The van der Waals surface area contributed by atoms with E-state index in [2.05, 4.69) is 47.1 Å². The number of anilines is 1. The Labute approximate surface area is 177 Å². The van der Waals surface area contributed by atoms with Crippen molar-refractivity contribution in [3.8, 4) is 22.8 Å². The SMILES string of the molecule is CN1CCN(c2ccnc3[nH]c(-c4n[nH]c5cnc(-c6cnn(C)c6)cc45)nc23)CC1. The van der Waals surface area contributed by atoms with Gasteiger partial charge in [-0.25, -0.2) is 9.97 Å². The number of H-pyrrole nitrogens is 2. The van der Waals surface area contributed by atoms with Gasteiger partial charge in [0.15, 0.2) is 11.5 Å². The van der Waals surface area contributed by atoms with E-state index >= 15 is 0 Å². The van der Waals surface area contributed by atoms with Crippen LogP contribution in [0.2, 0.25) is 0 Å². The number of aromatic nitrogens is 8. The van der Waals surface area contributed by atoms with Gasteiger partial charge in [0.05, 0.1) is 29.3 Å². The maximum Gasteiger partial charge on any atom is 0.161 e. The number of hydrogen-bond acceptors (Lipinski definition) is 7. The van der Waals surface area contributed by atoms with Gasteiger partial charge in [-0.05, 0) is 19.2 Å². The molecule has 1 fully saturated rings. The van der Waals surface area contributed by atoms with Gasteiger partial charge in [0.25, 0.3) is 0 Å². The Morgan fingerprint density at radius 1 is 1.03 bits per heavy atom. The molecule has 6 heterocycles. The van der Waals surface area contributed by atoms with Crippen LogP contribution in [0.4, 0.5) is 5.69 Å². The van der Waals surface area contributed by atoms with Gasteiger partial charge in [0.2, 0.25) is 0 Å². The lowest BCUT2D eigenvalue weighted by Gasteiger charge is -2.33. The number of imidazole rings is 1. The predicted molar refractivity (Wildman–Crippen MR) is 119 cm³/mol. The minimum Gasteiger partial charge on any atom is -0.367 e. The van der Waals surface area contributed by atoms with Gasteiger partial charge in [-0.15, -0.1) is 0 Å². The summed E-state index contributed by atoms with van der Waals surface area (Å²) in [5.41, 5.74) is 6.16. The first-order valence-corrected chi connectivity index (χ1v) is 10.3. The first-order chi connectivity index (χ1) is 15.2. The van der Waals surface area contributed by atoms with E-state index in [1.165, 1.54) is 0 Å². The summed E-state index contributed by atoms with van der Waals surface area (Å²) in [6, 6.07) is 4.07. The zero-order valence-corrected chi connectivity index (χ0v) is 17.4. The molecule has 0 atom stereocenters. The van der Waals surface area contributed by atoms with Gasteiger partial charge in [0.1, 0.15) is 11.2 Å². The second-order valence-corrected chi connectivity index (χ2v) is 7.99. The molecule has 31 heavy (non-hydrogen) atoms. The monoisotopic (exact) mass is 414 g/mol. The molecule has 0 radical (unpaired) electrons. The molecule has 156 valence electrons. The van der Waals surface area contributed by atoms with Crippen LogP contribution < -0.4 is 4.90 Å². The number of piperazine rings is 1. The summed E-state index contributed by atoms with van der Waals surface area (Å²) >= 11 is 0. The smallest absolute Gasteiger partial charge is 0.161 e. The topological polar surface area (TPSA) is 107 Å². The Kier molecular flexibility index (Phi) is 4.00. The van der Waals surface area contributed by atoms with Crippen LogP contribution in [0.1, 0.15) is 0 Å². The van der Waals surface area contributed by atoms with E-state index in [0.29, 0.717) is 5.82 Å². The van der Waals surface area contributed by atoms with Crippen LogP contribution >= 0.6 is 0 Å². The zero-order valence-electron chi connectivity index (χ0n) is 17.4. The highest BCUT2D eigenvalue weighted by molar-refractivity contribution is 5.95. The lowest BCUT2D eigenvalue weighted by Crippen LogP contribution is -2.44. The molecule has 0 aromatic carbocycles. The highest BCUT2D eigenvalue weighted by Gasteiger charge is 2.20. The third-order valence-corrected chi connectivity index (χ3v) is 5.88.